The van der Waals surface area contributed by atoms with E-state index in [1.165, 1.54) is 0 Å². The number of benzene rings is 1. The summed E-state index contributed by atoms with van der Waals surface area (Å²) in [4.78, 5) is 24.4. The highest BCUT2D eigenvalue weighted by atomic mass is 16.5. The van der Waals surface area contributed by atoms with Gasteiger partial charge in [0.05, 0.1) is 34.8 Å². The van der Waals surface area contributed by atoms with E-state index < -0.39 is 5.91 Å². The number of anilines is 1. The summed E-state index contributed by atoms with van der Waals surface area (Å²) >= 11 is 0. The Bertz CT molecular complexity index is 899. The number of nitrogens with one attached hydrogen (secondary N) is 1. The van der Waals surface area contributed by atoms with Gasteiger partial charge in [-0.25, -0.2) is 4.68 Å². The Morgan fingerprint density at radius 1 is 1.37 bits per heavy atom. The minimum absolute atomic E-state index is 0.110. The Labute approximate surface area is 158 Å². The van der Waals surface area contributed by atoms with Crippen LogP contribution in [0.15, 0.2) is 18.2 Å². The molecule has 1 aromatic carbocycles. The number of methoxy groups -OCH3 is 1. The highest BCUT2D eigenvalue weighted by molar-refractivity contribution is 6.00. The van der Waals surface area contributed by atoms with Crippen LogP contribution in [0.4, 0.5) is 5.69 Å². The van der Waals surface area contributed by atoms with Crippen LogP contribution in [-0.4, -0.2) is 41.7 Å². The summed E-state index contributed by atoms with van der Waals surface area (Å²) in [6.07, 6.45) is 1.29. The van der Waals surface area contributed by atoms with Crippen molar-refractivity contribution in [1.29, 1.82) is 0 Å². The zero-order valence-corrected chi connectivity index (χ0v) is 16.3. The molecule has 0 unspecified atom stereocenters. The molecular formula is C20H26N4O3. The highest BCUT2D eigenvalue weighted by Crippen LogP contribution is 2.37. The fourth-order valence-corrected chi connectivity index (χ4v) is 3.67. The molecule has 0 aliphatic heterocycles. The van der Waals surface area contributed by atoms with Crippen LogP contribution in [0.2, 0.25) is 0 Å². The summed E-state index contributed by atoms with van der Waals surface area (Å²) in [6.45, 7) is 7.09. The molecule has 7 nitrogen and oxygen atoms in total. The van der Waals surface area contributed by atoms with Crippen LogP contribution in [0, 0.1) is 12.3 Å². The van der Waals surface area contributed by atoms with Gasteiger partial charge in [-0.1, -0.05) is 13.8 Å². The zero-order chi connectivity index (χ0) is 19.8. The second-order valence-corrected chi connectivity index (χ2v) is 7.77. The van der Waals surface area contributed by atoms with Gasteiger partial charge in [-0.3, -0.25) is 9.59 Å². The van der Waals surface area contributed by atoms with Crippen molar-refractivity contribution in [2.45, 2.75) is 33.6 Å². The minimum Gasteiger partial charge on any atom is -0.383 e. The Hall–Kier alpha value is -2.67. The van der Waals surface area contributed by atoms with Crippen LogP contribution >= 0.6 is 0 Å². The fraction of sp³-hybridized carbons (Fsp3) is 0.450. The molecule has 0 radical (unpaired) electrons. The van der Waals surface area contributed by atoms with Gasteiger partial charge in [-0.05, 0) is 37.0 Å². The third-order valence-electron chi connectivity index (χ3n) is 4.85. The van der Waals surface area contributed by atoms with E-state index in [2.05, 4.69) is 24.3 Å². The largest absolute Gasteiger partial charge is 0.383 e. The number of aryl methyl sites for hydroxylation is 1. The van der Waals surface area contributed by atoms with E-state index in [-0.39, 0.29) is 11.2 Å². The molecule has 2 aromatic rings. The van der Waals surface area contributed by atoms with Crippen molar-refractivity contribution in [3.8, 4) is 5.69 Å². The average molecular weight is 370 g/mol. The molecule has 0 saturated heterocycles. The van der Waals surface area contributed by atoms with Crippen LogP contribution in [0.25, 0.3) is 5.69 Å². The van der Waals surface area contributed by atoms with E-state index in [0.29, 0.717) is 30.8 Å². The lowest BCUT2D eigenvalue weighted by molar-refractivity contribution is 0.0909. The highest BCUT2D eigenvalue weighted by Gasteiger charge is 2.35. The van der Waals surface area contributed by atoms with E-state index in [4.69, 9.17) is 10.5 Å². The van der Waals surface area contributed by atoms with Crippen molar-refractivity contribution in [3.05, 3.63) is 40.7 Å². The zero-order valence-electron chi connectivity index (χ0n) is 16.3. The van der Waals surface area contributed by atoms with Gasteiger partial charge in [-0.2, -0.15) is 5.10 Å². The Kier molecular flexibility index (Phi) is 5.06. The van der Waals surface area contributed by atoms with Crippen LogP contribution in [0.1, 0.15) is 52.4 Å². The van der Waals surface area contributed by atoms with Gasteiger partial charge in [0, 0.05) is 25.8 Å². The second kappa shape index (κ2) is 7.15. The standard InChI is InChI=1S/C20H26N4O3/c1-12-18-16(10-20(2,3)11-17(18)25)24(23-12)13-5-6-14(19(21)26)15(9-13)22-7-8-27-4/h5-6,9,22H,7-8,10-11H2,1-4H3,(H2,21,26). The lowest BCUT2D eigenvalue weighted by Crippen LogP contribution is -2.28. The number of Topliss-reactive ketones (excluding diaryl/α,β-unsaturated/α-hetero) is 1. The Morgan fingerprint density at radius 2 is 2.11 bits per heavy atom. The third kappa shape index (κ3) is 3.73. The van der Waals surface area contributed by atoms with Gasteiger partial charge < -0.3 is 15.8 Å². The van der Waals surface area contributed by atoms with Crippen molar-refractivity contribution < 1.29 is 14.3 Å². The van der Waals surface area contributed by atoms with E-state index in [1.807, 2.05) is 17.7 Å². The number of fused-ring (bicyclic) bond motifs is 1. The smallest absolute Gasteiger partial charge is 0.250 e. The maximum Gasteiger partial charge on any atom is 0.250 e. The Morgan fingerprint density at radius 3 is 2.78 bits per heavy atom. The Balaban J connectivity index is 2.07. The van der Waals surface area contributed by atoms with Crippen LogP contribution in [0.3, 0.4) is 0 Å². The third-order valence-corrected chi connectivity index (χ3v) is 4.85. The van der Waals surface area contributed by atoms with E-state index >= 15 is 0 Å². The number of aromatic nitrogens is 2. The van der Waals surface area contributed by atoms with Crippen molar-refractivity contribution in [1.82, 2.24) is 9.78 Å². The molecule has 1 heterocycles. The maximum atomic E-state index is 12.6. The van der Waals surface area contributed by atoms with Gasteiger partial charge in [0.15, 0.2) is 5.78 Å². The van der Waals surface area contributed by atoms with Crippen LogP contribution in [-0.2, 0) is 11.2 Å². The molecule has 1 amide bonds. The summed E-state index contributed by atoms with van der Waals surface area (Å²) in [5, 5.41) is 7.80. The first-order valence-corrected chi connectivity index (χ1v) is 9.02. The van der Waals surface area contributed by atoms with Gasteiger partial charge in [0.25, 0.3) is 5.91 Å². The number of ether oxygens (including phenoxy) is 1. The molecule has 3 rings (SSSR count). The summed E-state index contributed by atoms with van der Waals surface area (Å²) < 4.78 is 6.87. The summed E-state index contributed by atoms with van der Waals surface area (Å²) in [6, 6.07) is 5.33. The van der Waals surface area contributed by atoms with Crippen molar-refractivity contribution in [3.63, 3.8) is 0 Å². The first-order chi connectivity index (χ1) is 12.7. The van der Waals surface area contributed by atoms with E-state index in [0.717, 1.165) is 29.1 Å². The quantitative estimate of drug-likeness (QED) is 0.761. The van der Waals surface area contributed by atoms with Gasteiger partial charge >= 0.3 is 0 Å². The summed E-state index contributed by atoms with van der Waals surface area (Å²) in [7, 11) is 1.62. The SMILES string of the molecule is COCCNc1cc(-n2nc(C)c3c2CC(C)(C)CC3=O)ccc1C(N)=O. The van der Waals surface area contributed by atoms with Gasteiger partial charge in [0.1, 0.15) is 0 Å². The van der Waals surface area contributed by atoms with Gasteiger partial charge in [-0.15, -0.1) is 0 Å². The molecule has 0 spiro atoms. The number of carbonyl (C=O) groups is 2. The van der Waals surface area contributed by atoms with Crippen molar-refractivity contribution >= 4 is 17.4 Å². The molecule has 0 fully saturated rings. The number of amides is 1. The molecule has 3 N–H and O–H groups in total. The summed E-state index contributed by atoms with van der Waals surface area (Å²) in [5.74, 6) is -0.367. The monoisotopic (exact) mass is 370 g/mol. The number of nitrogens with zero attached hydrogens (tertiary/aromatic N) is 2. The number of nitrogens with two attached hydrogens (primary N) is 1. The lowest BCUT2D eigenvalue weighted by atomic mass is 9.75. The van der Waals surface area contributed by atoms with Crippen molar-refractivity contribution in [2.75, 3.05) is 25.6 Å². The molecule has 27 heavy (non-hydrogen) atoms. The molecule has 0 atom stereocenters. The summed E-state index contributed by atoms with van der Waals surface area (Å²) in [5.41, 5.74) is 9.59. The number of primary amides is 1. The molecule has 0 bridgehead atoms. The average Bonchev–Trinajstić information content (AvgIpc) is 2.90. The molecule has 1 aliphatic rings. The van der Waals surface area contributed by atoms with E-state index in [1.54, 1.807) is 19.2 Å². The molecule has 1 aliphatic carbocycles. The first kappa shape index (κ1) is 19.1. The fourth-order valence-electron chi connectivity index (χ4n) is 3.67. The number of rotatable bonds is 6. The second-order valence-electron chi connectivity index (χ2n) is 7.77. The molecule has 0 saturated carbocycles. The molecule has 1 aromatic heterocycles. The molecule has 7 heteroatoms. The number of hydrogen-bond donors (Lipinski definition) is 2. The predicted molar refractivity (Wildman–Crippen MR) is 104 cm³/mol. The molecule has 144 valence electrons. The topological polar surface area (TPSA) is 99.2 Å². The maximum absolute atomic E-state index is 12.6. The normalized spacial score (nSPS) is 15.5. The minimum atomic E-state index is -0.503. The predicted octanol–water partition coefficient (Wildman–Crippen LogP) is 2.49. The molecular weight excluding hydrogens is 344 g/mol. The van der Waals surface area contributed by atoms with Gasteiger partial charge in [0.2, 0.25) is 0 Å². The van der Waals surface area contributed by atoms with E-state index in [9.17, 15) is 9.59 Å². The number of ketones is 1. The number of carbonyl (C=O) groups excluding carboxylic acids is 2. The van der Waals surface area contributed by atoms with Crippen LogP contribution in [0.5, 0.6) is 0 Å². The first-order valence-electron chi connectivity index (χ1n) is 9.02. The number of hydrogen-bond acceptors (Lipinski definition) is 5. The lowest BCUT2D eigenvalue weighted by Gasteiger charge is -2.29. The van der Waals surface area contributed by atoms with Crippen LogP contribution < -0.4 is 11.1 Å². The van der Waals surface area contributed by atoms with Crippen molar-refractivity contribution in [2.24, 2.45) is 11.1 Å².